The third-order valence-electron chi connectivity index (χ3n) is 3.51. The average molecular weight is 356 g/mol. The van der Waals surface area contributed by atoms with E-state index >= 15 is 0 Å². The summed E-state index contributed by atoms with van der Waals surface area (Å²) in [7, 11) is -0.707. The predicted octanol–water partition coefficient (Wildman–Crippen LogP) is 2.83. The largest absolute Gasteiger partial charge is 0.497 e. The highest BCUT2D eigenvalue weighted by Gasteiger charge is 2.30. The number of ether oxygens (including phenoxy) is 2. The molecule has 0 amide bonds. The molecule has 0 bridgehead atoms. The van der Waals surface area contributed by atoms with E-state index in [9.17, 15) is 8.42 Å². The van der Waals surface area contributed by atoms with Gasteiger partial charge in [-0.15, -0.1) is 0 Å². The summed E-state index contributed by atoms with van der Waals surface area (Å²) in [6.07, 6.45) is 0. The molecule has 7 heteroatoms. The summed E-state index contributed by atoms with van der Waals surface area (Å²) < 4.78 is 36.3. The molecule has 2 aromatic rings. The Balaban J connectivity index is 2.56. The molecule has 2 N–H and O–H groups in total. The van der Waals surface area contributed by atoms with E-state index in [1.165, 1.54) is 38.5 Å². The van der Waals surface area contributed by atoms with Gasteiger partial charge in [0.15, 0.2) is 9.84 Å². The zero-order valence-electron chi connectivity index (χ0n) is 12.8. The lowest BCUT2D eigenvalue weighted by atomic mass is 10.1. The second-order valence-corrected chi connectivity index (χ2v) is 7.40. The molecule has 124 valence electrons. The molecule has 0 saturated carbocycles. The molecule has 23 heavy (non-hydrogen) atoms. The van der Waals surface area contributed by atoms with E-state index < -0.39 is 15.1 Å². The van der Waals surface area contributed by atoms with Gasteiger partial charge in [-0.2, -0.15) is 0 Å². The number of hydrogen-bond acceptors (Lipinski definition) is 5. The number of benzene rings is 2. The van der Waals surface area contributed by atoms with Crippen molar-refractivity contribution >= 4 is 21.4 Å². The van der Waals surface area contributed by atoms with Gasteiger partial charge in [0, 0.05) is 17.1 Å². The van der Waals surface area contributed by atoms with Crippen LogP contribution in [0.5, 0.6) is 11.5 Å². The molecule has 5 nitrogen and oxygen atoms in total. The van der Waals surface area contributed by atoms with Crippen molar-refractivity contribution in [2.24, 2.45) is 5.73 Å². The van der Waals surface area contributed by atoms with E-state index in [-0.39, 0.29) is 11.4 Å². The molecular formula is C16H18ClNO4S. The van der Waals surface area contributed by atoms with Gasteiger partial charge in [-0.05, 0) is 42.5 Å². The van der Waals surface area contributed by atoms with Crippen molar-refractivity contribution in [2.45, 2.75) is 10.1 Å². The van der Waals surface area contributed by atoms with E-state index in [1.807, 2.05) is 0 Å². The normalized spacial score (nSPS) is 12.7. The minimum absolute atomic E-state index is 0.0888. The van der Waals surface area contributed by atoms with Gasteiger partial charge >= 0.3 is 0 Å². The van der Waals surface area contributed by atoms with Crippen LogP contribution in [-0.4, -0.2) is 29.2 Å². The number of methoxy groups -OCH3 is 2. The lowest BCUT2D eigenvalue weighted by Crippen LogP contribution is -2.23. The highest BCUT2D eigenvalue weighted by atomic mass is 35.5. The second-order valence-electron chi connectivity index (χ2n) is 4.83. The third kappa shape index (κ3) is 3.60. The summed E-state index contributed by atoms with van der Waals surface area (Å²) in [5.74, 6) is 0.976. The number of halogens is 1. The predicted molar refractivity (Wildman–Crippen MR) is 90.0 cm³/mol. The van der Waals surface area contributed by atoms with Crippen LogP contribution in [0.15, 0.2) is 47.4 Å². The lowest BCUT2D eigenvalue weighted by molar-refractivity contribution is 0.398. The number of nitrogens with two attached hydrogens (primary N) is 1. The molecule has 0 aromatic heterocycles. The van der Waals surface area contributed by atoms with Crippen LogP contribution < -0.4 is 15.2 Å². The van der Waals surface area contributed by atoms with Crippen LogP contribution in [0, 0.1) is 0 Å². The van der Waals surface area contributed by atoms with Gasteiger partial charge in [0.05, 0.1) is 19.1 Å². The van der Waals surface area contributed by atoms with Crippen LogP contribution in [-0.2, 0) is 9.84 Å². The molecule has 0 aliphatic heterocycles. The maximum atomic E-state index is 12.9. The Hall–Kier alpha value is -1.76. The first-order valence-corrected chi connectivity index (χ1v) is 8.78. The molecule has 2 rings (SSSR count). The SMILES string of the molecule is COc1ccc(OC)c([C@@H](CN)S(=O)(=O)c2ccc(Cl)cc2)c1. The molecule has 1 atom stereocenters. The second kappa shape index (κ2) is 7.21. The van der Waals surface area contributed by atoms with E-state index in [1.54, 1.807) is 18.2 Å². The van der Waals surface area contributed by atoms with Crippen LogP contribution in [0.25, 0.3) is 0 Å². The smallest absolute Gasteiger partial charge is 0.186 e. The van der Waals surface area contributed by atoms with Gasteiger partial charge in [-0.25, -0.2) is 8.42 Å². The first kappa shape index (κ1) is 17.6. The third-order valence-corrected chi connectivity index (χ3v) is 5.89. The van der Waals surface area contributed by atoms with Crippen molar-refractivity contribution in [1.82, 2.24) is 0 Å². The Morgan fingerprint density at radius 2 is 1.74 bits per heavy atom. The van der Waals surface area contributed by atoms with E-state index in [0.29, 0.717) is 22.1 Å². The van der Waals surface area contributed by atoms with Crippen molar-refractivity contribution in [3.63, 3.8) is 0 Å². The Morgan fingerprint density at radius 1 is 1.09 bits per heavy atom. The Kier molecular flexibility index (Phi) is 5.51. The maximum Gasteiger partial charge on any atom is 0.186 e. The summed E-state index contributed by atoms with van der Waals surface area (Å²) in [5.41, 5.74) is 6.23. The molecule has 2 aromatic carbocycles. The van der Waals surface area contributed by atoms with Crippen LogP contribution in [0.3, 0.4) is 0 Å². The van der Waals surface area contributed by atoms with Gasteiger partial charge in [-0.3, -0.25) is 0 Å². The number of sulfone groups is 1. The molecule has 0 saturated heterocycles. The van der Waals surface area contributed by atoms with Gasteiger partial charge in [-0.1, -0.05) is 11.6 Å². The van der Waals surface area contributed by atoms with Gasteiger partial charge in [0.25, 0.3) is 0 Å². The van der Waals surface area contributed by atoms with Gasteiger partial charge in [0.1, 0.15) is 16.7 Å². The highest BCUT2D eigenvalue weighted by molar-refractivity contribution is 7.91. The van der Waals surface area contributed by atoms with Crippen molar-refractivity contribution < 1.29 is 17.9 Å². The lowest BCUT2D eigenvalue weighted by Gasteiger charge is -2.19. The summed E-state index contributed by atoms with van der Waals surface area (Å²) in [4.78, 5) is 0.155. The van der Waals surface area contributed by atoms with E-state index in [4.69, 9.17) is 26.8 Å². The molecule has 0 heterocycles. The first-order valence-electron chi connectivity index (χ1n) is 6.85. The molecule has 0 unspecified atom stereocenters. The van der Waals surface area contributed by atoms with E-state index in [2.05, 4.69) is 0 Å². The molecule has 0 radical (unpaired) electrons. The zero-order chi connectivity index (χ0) is 17.0. The van der Waals surface area contributed by atoms with Crippen molar-refractivity contribution in [3.8, 4) is 11.5 Å². The molecule has 0 fully saturated rings. The minimum atomic E-state index is -3.70. The first-order chi connectivity index (χ1) is 10.9. The Labute approximate surface area is 140 Å². The molecule has 0 aliphatic carbocycles. The van der Waals surface area contributed by atoms with Crippen molar-refractivity contribution in [1.29, 1.82) is 0 Å². The fourth-order valence-corrected chi connectivity index (χ4v) is 4.04. The highest BCUT2D eigenvalue weighted by Crippen LogP contribution is 2.36. The quantitative estimate of drug-likeness (QED) is 0.862. The minimum Gasteiger partial charge on any atom is -0.497 e. The van der Waals surface area contributed by atoms with Gasteiger partial charge < -0.3 is 15.2 Å². The summed E-state index contributed by atoms with van der Waals surface area (Å²) in [6, 6.07) is 11.0. The molecule has 0 spiro atoms. The van der Waals surface area contributed by atoms with Crippen LogP contribution in [0.4, 0.5) is 0 Å². The summed E-state index contributed by atoms with van der Waals surface area (Å²) in [5, 5.41) is -0.485. The van der Waals surface area contributed by atoms with E-state index in [0.717, 1.165) is 0 Å². The zero-order valence-corrected chi connectivity index (χ0v) is 14.4. The van der Waals surface area contributed by atoms with Crippen LogP contribution in [0.1, 0.15) is 10.8 Å². The van der Waals surface area contributed by atoms with Crippen molar-refractivity contribution in [2.75, 3.05) is 20.8 Å². The number of rotatable bonds is 6. The fourth-order valence-electron chi connectivity index (χ4n) is 2.30. The number of hydrogen-bond donors (Lipinski definition) is 1. The average Bonchev–Trinajstić information content (AvgIpc) is 2.55. The molecular weight excluding hydrogens is 338 g/mol. The van der Waals surface area contributed by atoms with Crippen LogP contribution in [0.2, 0.25) is 5.02 Å². The van der Waals surface area contributed by atoms with Crippen LogP contribution >= 0.6 is 11.6 Å². The summed E-state index contributed by atoms with van der Waals surface area (Å²) >= 11 is 5.82. The van der Waals surface area contributed by atoms with Crippen molar-refractivity contribution in [3.05, 3.63) is 53.1 Å². The fraction of sp³-hybridized carbons (Fsp3) is 0.250. The van der Waals surface area contributed by atoms with Gasteiger partial charge in [0.2, 0.25) is 0 Å². The monoisotopic (exact) mass is 355 g/mol. The Morgan fingerprint density at radius 3 is 2.26 bits per heavy atom. The maximum absolute atomic E-state index is 12.9. The standard InChI is InChI=1S/C16H18ClNO4S/c1-21-12-5-8-15(22-2)14(9-12)16(10-18)23(19,20)13-6-3-11(17)4-7-13/h3-9,16H,10,18H2,1-2H3/t16-/m1/s1. The Bertz CT molecular complexity index is 775. The topological polar surface area (TPSA) is 78.6 Å². The molecule has 0 aliphatic rings. The summed E-state index contributed by atoms with van der Waals surface area (Å²) in [6.45, 7) is -0.0888.